The van der Waals surface area contributed by atoms with Gasteiger partial charge in [0.15, 0.2) is 0 Å². The molecule has 0 fully saturated rings. The maximum atomic E-state index is 5.28. The van der Waals surface area contributed by atoms with Gasteiger partial charge < -0.3 is 4.52 Å². The van der Waals surface area contributed by atoms with Gasteiger partial charge in [0.2, 0.25) is 0 Å². The maximum absolute atomic E-state index is 5.28. The van der Waals surface area contributed by atoms with Crippen molar-refractivity contribution in [2.75, 3.05) is 6.61 Å². The van der Waals surface area contributed by atoms with Crippen LogP contribution in [0.15, 0.2) is 0 Å². The van der Waals surface area contributed by atoms with Gasteiger partial charge in [-0.3, -0.25) is 0 Å². The minimum Gasteiger partial charge on any atom is -0.342 e. The Kier molecular flexibility index (Phi) is 4.39. The molecule has 0 rings (SSSR count). The highest BCUT2D eigenvalue weighted by Crippen LogP contribution is 2.56. The summed E-state index contributed by atoms with van der Waals surface area (Å²) in [4.78, 5) is 0. The average Bonchev–Trinajstić information content (AvgIpc) is 1.65. The molecular formula is C5H13OPS2. The minimum absolute atomic E-state index is 0.385. The smallest absolute Gasteiger partial charge is 0.119 e. The van der Waals surface area contributed by atoms with Crippen molar-refractivity contribution in [3.8, 4) is 0 Å². The number of rotatable bonds is 3. The van der Waals surface area contributed by atoms with E-state index in [9.17, 15) is 0 Å². The van der Waals surface area contributed by atoms with E-state index in [1.165, 1.54) is 0 Å². The molecule has 0 N–H and O–H groups in total. The van der Waals surface area contributed by atoms with Crippen LogP contribution in [0.4, 0.5) is 0 Å². The van der Waals surface area contributed by atoms with Gasteiger partial charge in [0, 0.05) is 12.3 Å². The summed E-state index contributed by atoms with van der Waals surface area (Å²) in [6.45, 7) is 6.71. The second-order valence-corrected chi connectivity index (χ2v) is 8.72. The molecule has 0 radical (unpaired) electrons. The molecule has 0 aromatic heterocycles. The lowest BCUT2D eigenvalue weighted by Gasteiger charge is -2.18. The van der Waals surface area contributed by atoms with Crippen LogP contribution in [0.2, 0.25) is 0 Å². The van der Waals surface area contributed by atoms with Crippen LogP contribution in [0.5, 0.6) is 0 Å². The fraction of sp³-hybridized carbons (Fsp3) is 1.00. The van der Waals surface area contributed by atoms with E-state index in [0.717, 1.165) is 0 Å². The number of hydrogen-bond donors (Lipinski definition) is 1. The standard InChI is InChI=1S/C5H13OPS2/c1-4-6-7(8,9)5(2)3/h5H,4H2,1-3H3,(H,8,9). The second-order valence-electron chi connectivity index (χ2n) is 2.08. The van der Waals surface area contributed by atoms with Gasteiger partial charge in [-0.25, -0.2) is 0 Å². The maximum Gasteiger partial charge on any atom is 0.119 e. The normalized spacial score (nSPS) is 17.9. The van der Waals surface area contributed by atoms with Crippen molar-refractivity contribution in [2.45, 2.75) is 26.4 Å². The van der Waals surface area contributed by atoms with Crippen molar-refractivity contribution in [2.24, 2.45) is 0 Å². The Balaban J connectivity index is 3.87. The van der Waals surface area contributed by atoms with E-state index in [1.54, 1.807) is 0 Å². The second kappa shape index (κ2) is 3.97. The molecule has 0 amide bonds. The highest BCUT2D eigenvalue weighted by atomic mass is 32.9. The molecule has 0 aliphatic rings. The number of thiol groups is 1. The van der Waals surface area contributed by atoms with E-state index in [2.05, 4.69) is 12.2 Å². The molecule has 0 aromatic carbocycles. The molecule has 1 atom stereocenters. The van der Waals surface area contributed by atoms with Crippen LogP contribution in [0.3, 0.4) is 0 Å². The molecular weight excluding hydrogens is 171 g/mol. The van der Waals surface area contributed by atoms with Gasteiger partial charge in [0.1, 0.15) is 5.47 Å². The first-order valence-electron chi connectivity index (χ1n) is 2.97. The summed E-state index contributed by atoms with van der Waals surface area (Å²) in [5.41, 5.74) is -1.35. The molecule has 0 aliphatic carbocycles. The fourth-order valence-corrected chi connectivity index (χ4v) is 1.66. The van der Waals surface area contributed by atoms with Gasteiger partial charge >= 0.3 is 0 Å². The zero-order chi connectivity index (χ0) is 7.49. The van der Waals surface area contributed by atoms with E-state index < -0.39 is 5.47 Å². The topological polar surface area (TPSA) is 9.23 Å². The third kappa shape index (κ3) is 3.61. The molecule has 1 nitrogen and oxygen atoms in total. The Bertz CT molecular complexity index is 124. The van der Waals surface area contributed by atoms with E-state index in [4.69, 9.17) is 16.3 Å². The van der Waals surface area contributed by atoms with Crippen molar-refractivity contribution in [3.63, 3.8) is 0 Å². The van der Waals surface area contributed by atoms with Crippen LogP contribution in [0, 0.1) is 0 Å². The molecule has 4 heteroatoms. The Morgan fingerprint density at radius 3 is 2.22 bits per heavy atom. The Morgan fingerprint density at radius 2 is 2.11 bits per heavy atom. The van der Waals surface area contributed by atoms with Gasteiger partial charge in [0.25, 0.3) is 0 Å². The van der Waals surface area contributed by atoms with E-state index in [1.807, 2.05) is 20.8 Å². The van der Waals surface area contributed by atoms with Gasteiger partial charge in [-0.2, -0.15) is 0 Å². The van der Waals surface area contributed by atoms with Gasteiger partial charge in [-0.1, -0.05) is 25.7 Å². The van der Waals surface area contributed by atoms with Crippen LogP contribution < -0.4 is 0 Å². The molecule has 56 valence electrons. The summed E-state index contributed by atoms with van der Waals surface area (Å²) in [6.07, 6.45) is 0. The van der Waals surface area contributed by atoms with Crippen molar-refractivity contribution >= 4 is 29.5 Å². The van der Waals surface area contributed by atoms with E-state index in [0.29, 0.717) is 12.3 Å². The average molecular weight is 184 g/mol. The lowest BCUT2D eigenvalue weighted by Crippen LogP contribution is -1.95. The van der Waals surface area contributed by atoms with Crippen molar-refractivity contribution < 1.29 is 4.52 Å². The van der Waals surface area contributed by atoms with Crippen LogP contribution >= 0.6 is 17.7 Å². The SMILES string of the molecule is CCOP(=S)(S)C(C)C. The molecule has 0 heterocycles. The van der Waals surface area contributed by atoms with Gasteiger partial charge in [-0.05, 0) is 6.92 Å². The predicted molar refractivity (Wildman–Crippen MR) is 50.0 cm³/mol. The molecule has 1 unspecified atom stereocenters. The molecule has 0 saturated carbocycles. The third-order valence-corrected chi connectivity index (χ3v) is 6.21. The summed E-state index contributed by atoms with van der Waals surface area (Å²) >= 11 is 9.38. The summed E-state index contributed by atoms with van der Waals surface area (Å²) in [6, 6.07) is 0. The largest absolute Gasteiger partial charge is 0.342 e. The molecule has 9 heavy (non-hydrogen) atoms. The van der Waals surface area contributed by atoms with Crippen molar-refractivity contribution in [3.05, 3.63) is 0 Å². The van der Waals surface area contributed by atoms with Crippen LogP contribution in [-0.2, 0) is 16.3 Å². The lowest BCUT2D eigenvalue weighted by atomic mass is 10.6. The highest BCUT2D eigenvalue weighted by Gasteiger charge is 2.15. The van der Waals surface area contributed by atoms with Gasteiger partial charge in [0.05, 0.1) is 0 Å². The summed E-state index contributed by atoms with van der Waals surface area (Å²) in [7, 11) is 0. The predicted octanol–water partition coefficient (Wildman–Crippen LogP) is 2.67. The molecule has 0 bridgehead atoms. The Morgan fingerprint density at radius 1 is 1.67 bits per heavy atom. The van der Waals surface area contributed by atoms with Gasteiger partial charge in [-0.15, -0.1) is 12.2 Å². The summed E-state index contributed by atoms with van der Waals surface area (Å²) in [5, 5.41) is 0. The summed E-state index contributed by atoms with van der Waals surface area (Å²) in [5.74, 6) is 0. The molecule has 0 aliphatic heterocycles. The lowest BCUT2D eigenvalue weighted by molar-refractivity contribution is 0.381. The van der Waals surface area contributed by atoms with Crippen molar-refractivity contribution in [1.29, 1.82) is 0 Å². The zero-order valence-electron chi connectivity index (χ0n) is 6.00. The fourth-order valence-electron chi connectivity index (χ4n) is 0.334. The first-order chi connectivity index (χ1) is 4.00. The van der Waals surface area contributed by atoms with E-state index in [-0.39, 0.29) is 0 Å². The molecule has 0 spiro atoms. The number of hydrogen-bond acceptors (Lipinski definition) is 2. The van der Waals surface area contributed by atoms with Crippen molar-refractivity contribution in [1.82, 2.24) is 0 Å². The Hall–Kier alpha value is 0.960. The monoisotopic (exact) mass is 184 g/mol. The Labute approximate surface area is 67.4 Å². The van der Waals surface area contributed by atoms with E-state index >= 15 is 0 Å². The minimum atomic E-state index is -1.74. The molecule has 0 aromatic rings. The quantitative estimate of drug-likeness (QED) is 0.533. The van der Waals surface area contributed by atoms with Crippen LogP contribution in [0.1, 0.15) is 20.8 Å². The first kappa shape index (κ1) is 9.96. The summed E-state index contributed by atoms with van der Waals surface area (Å²) < 4.78 is 5.28. The third-order valence-electron chi connectivity index (χ3n) is 0.967. The highest BCUT2D eigenvalue weighted by molar-refractivity contribution is 8.62. The molecule has 0 saturated heterocycles. The zero-order valence-corrected chi connectivity index (χ0v) is 8.60. The van der Waals surface area contributed by atoms with Crippen LogP contribution in [-0.4, -0.2) is 12.3 Å². The first-order valence-corrected chi connectivity index (χ1v) is 6.92. The van der Waals surface area contributed by atoms with Crippen LogP contribution in [0.25, 0.3) is 0 Å².